The van der Waals surface area contributed by atoms with Crippen LogP contribution in [0.4, 0.5) is 0 Å². The van der Waals surface area contributed by atoms with Gasteiger partial charge in [0.05, 0.1) is 23.1 Å². The summed E-state index contributed by atoms with van der Waals surface area (Å²) in [6.07, 6.45) is 0.290. The summed E-state index contributed by atoms with van der Waals surface area (Å²) in [4.78, 5) is 0.671. The molecule has 1 N–H and O–H groups in total. The van der Waals surface area contributed by atoms with Crippen LogP contribution >= 0.6 is 11.3 Å². The Bertz CT molecular complexity index is 890. The highest BCUT2D eigenvalue weighted by Crippen LogP contribution is 2.23. The summed E-state index contributed by atoms with van der Waals surface area (Å²) < 4.78 is 38.8. The van der Waals surface area contributed by atoms with E-state index in [4.69, 9.17) is 9.29 Å². The number of hydrogen-bond donors (Lipinski definition) is 1. The maximum absolute atomic E-state index is 10.9. The lowest BCUT2D eigenvalue weighted by molar-refractivity contribution is 0.415. The van der Waals surface area contributed by atoms with Crippen molar-refractivity contribution in [3.8, 4) is 5.75 Å². The van der Waals surface area contributed by atoms with Crippen LogP contribution in [0.3, 0.4) is 0 Å². The fraction of sp³-hybridized carbons (Fsp3) is 0.429. The third-order valence-corrected chi connectivity index (χ3v) is 4.85. The van der Waals surface area contributed by atoms with Gasteiger partial charge in [0.2, 0.25) is 4.80 Å². The zero-order chi connectivity index (χ0) is 17.0. The molecule has 1 heterocycles. The summed E-state index contributed by atoms with van der Waals surface area (Å²) in [6.45, 7) is 4.12. The van der Waals surface area contributed by atoms with E-state index in [0.29, 0.717) is 17.8 Å². The Morgan fingerprint density at radius 3 is 2.74 bits per heavy atom. The second-order valence-corrected chi connectivity index (χ2v) is 7.74. The summed E-state index contributed by atoms with van der Waals surface area (Å²) in [6, 6.07) is 5.65. The van der Waals surface area contributed by atoms with E-state index in [9.17, 15) is 8.42 Å². The van der Waals surface area contributed by atoms with Crippen molar-refractivity contribution in [3.05, 3.63) is 23.0 Å². The molecular weight excluding hydrogens is 338 g/mol. The number of thiazole rings is 1. The van der Waals surface area contributed by atoms with Crippen LogP contribution < -0.4 is 9.54 Å². The molecule has 0 aliphatic heterocycles. The van der Waals surface area contributed by atoms with Crippen molar-refractivity contribution < 1.29 is 17.7 Å². The average Bonchev–Trinajstić information content (AvgIpc) is 2.81. The minimum Gasteiger partial charge on any atom is -0.497 e. The molecule has 1 aromatic heterocycles. The van der Waals surface area contributed by atoms with Gasteiger partial charge in [-0.15, -0.1) is 5.10 Å². The fourth-order valence-electron chi connectivity index (χ4n) is 2.02. The molecule has 126 valence electrons. The predicted molar refractivity (Wildman–Crippen MR) is 91.7 cm³/mol. The van der Waals surface area contributed by atoms with Gasteiger partial charge in [0, 0.05) is 12.3 Å². The molecule has 0 saturated heterocycles. The molecule has 0 atom stereocenters. The van der Waals surface area contributed by atoms with Crippen LogP contribution in [0.2, 0.25) is 0 Å². The van der Waals surface area contributed by atoms with Gasteiger partial charge in [-0.05, 0) is 38.5 Å². The first kappa shape index (κ1) is 17.6. The van der Waals surface area contributed by atoms with E-state index in [2.05, 4.69) is 10.2 Å². The number of fused-ring (bicyclic) bond motifs is 1. The molecule has 0 bridgehead atoms. The van der Waals surface area contributed by atoms with E-state index >= 15 is 0 Å². The quantitative estimate of drug-likeness (QED) is 0.488. The zero-order valence-electron chi connectivity index (χ0n) is 13.2. The Labute approximate surface area is 138 Å². The monoisotopic (exact) mass is 357 g/mol. The van der Waals surface area contributed by atoms with Gasteiger partial charge in [0.1, 0.15) is 5.75 Å². The summed E-state index contributed by atoms with van der Waals surface area (Å²) in [5.74, 6) is 0.453. The molecule has 23 heavy (non-hydrogen) atoms. The Kier molecular flexibility index (Phi) is 5.55. The zero-order valence-corrected chi connectivity index (χ0v) is 14.8. The third kappa shape index (κ3) is 4.88. The maximum Gasteiger partial charge on any atom is 0.264 e. The number of nitrogens with zero attached hydrogens (tertiary/aromatic N) is 3. The van der Waals surface area contributed by atoms with Gasteiger partial charge in [0.15, 0.2) is 0 Å². The van der Waals surface area contributed by atoms with Crippen molar-refractivity contribution in [2.45, 2.75) is 26.8 Å². The SMILES string of the molecule is COc1ccc2c(c1)sc(=NN=C(C)C)n2CCCS(=O)(=O)O. The highest BCUT2D eigenvalue weighted by atomic mass is 32.2. The van der Waals surface area contributed by atoms with Gasteiger partial charge in [-0.25, -0.2) is 0 Å². The van der Waals surface area contributed by atoms with Crippen molar-refractivity contribution in [1.82, 2.24) is 4.57 Å². The molecule has 2 aromatic rings. The Balaban J connectivity index is 2.47. The van der Waals surface area contributed by atoms with Crippen LogP contribution in [-0.2, 0) is 16.7 Å². The second kappa shape index (κ2) is 7.24. The van der Waals surface area contributed by atoms with Gasteiger partial charge in [-0.2, -0.15) is 13.5 Å². The summed E-state index contributed by atoms with van der Waals surface area (Å²) >= 11 is 1.45. The number of hydrogen-bond acceptors (Lipinski definition) is 6. The second-order valence-electron chi connectivity index (χ2n) is 5.16. The first-order valence-corrected chi connectivity index (χ1v) is 9.40. The van der Waals surface area contributed by atoms with Crippen LogP contribution in [0.5, 0.6) is 5.75 Å². The maximum atomic E-state index is 10.9. The van der Waals surface area contributed by atoms with E-state index in [0.717, 1.165) is 21.7 Å². The van der Waals surface area contributed by atoms with Crippen LogP contribution in [-0.4, -0.2) is 36.1 Å². The van der Waals surface area contributed by atoms with Crippen molar-refractivity contribution in [1.29, 1.82) is 0 Å². The molecule has 0 aliphatic rings. The van der Waals surface area contributed by atoms with Gasteiger partial charge >= 0.3 is 0 Å². The van der Waals surface area contributed by atoms with E-state index in [-0.39, 0.29) is 5.75 Å². The third-order valence-electron chi connectivity index (χ3n) is 3.01. The highest BCUT2D eigenvalue weighted by molar-refractivity contribution is 7.85. The van der Waals surface area contributed by atoms with E-state index in [1.165, 1.54) is 11.3 Å². The smallest absolute Gasteiger partial charge is 0.264 e. The van der Waals surface area contributed by atoms with Crippen LogP contribution in [0.25, 0.3) is 10.2 Å². The van der Waals surface area contributed by atoms with Crippen LogP contribution in [0.1, 0.15) is 20.3 Å². The molecule has 0 aliphatic carbocycles. The molecule has 0 saturated carbocycles. The lowest BCUT2D eigenvalue weighted by atomic mass is 10.3. The van der Waals surface area contributed by atoms with E-state index < -0.39 is 10.1 Å². The van der Waals surface area contributed by atoms with E-state index in [1.807, 2.05) is 36.6 Å². The van der Waals surface area contributed by atoms with Gasteiger partial charge < -0.3 is 9.30 Å². The lowest BCUT2D eigenvalue weighted by Gasteiger charge is -2.05. The molecule has 1 aromatic carbocycles. The molecule has 0 amide bonds. The van der Waals surface area contributed by atoms with Crippen molar-refractivity contribution in [2.24, 2.45) is 10.2 Å². The van der Waals surface area contributed by atoms with E-state index in [1.54, 1.807) is 7.11 Å². The molecule has 9 heteroatoms. The number of ether oxygens (including phenoxy) is 1. The Morgan fingerprint density at radius 1 is 1.39 bits per heavy atom. The first-order chi connectivity index (χ1) is 10.8. The minimum absolute atomic E-state index is 0.289. The highest BCUT2D eigenvalue weighted by Gasteiger charge is 2.10. The molecular formula is C14H19N3O4S2. The molecule has 0 unspecified atom stereocenters. The van der Waals surface area contributed by atoms with Gasteiger partial charge in [-0.3, -0.25) is 4.55 Å². The lowest BCUT2D eigenvalue weighted by Crippen LogP contribution is -2.17. The largest absolute Gasteiger partial charge is 0.497 e. The topological polar surface area (TPSA) is 93.3 Å². The summed E-state index contributed by atoms with van der Waals surface area (Å²) in [5, 5.41) is 8.31. The van der Waals surface area contributed by atoms with Crippen LogP contribution in [0.15, 0.2) is 28.4 Å². The van der Waals surface area contributed by atoms with Crippen molar-refractivity contribution in [3.63, 3.8) is 0 Å². The molecule has 0 radical (unpaired) electrons. The fourth-order valence-corrected chi connectivity index (χ4v) is 3.55. The number of aromatic nitrogens is 1. The predicted octanol–water partition coefficient (Wildman–Crippen LogP) is 2.29. The molecule has 0 fully saturated rings. The summed E-state index contributed by atoms with van der Waals surface area (Å²) in [5.41, 5.74) is 1.75. The number of benzene rings is 1. The average molecular weight is 357 g/mol. The minimum atomic E-state index is -3.97. The molecule has 0 spiro atoms. The van der Waals surface area contributed by atoms with Gasteiger partial charge in [0.25, 0.3) is 10.1 Å². The first-order valence-electron chi connectivity index (χ1n) is 6.97. The Morgan fingerprint density at radius 2 is 2.13 bits per heavy atom. The molecule has 2 rings (SSSR count). The number of rotatable bonds is 6. The van der Waals surface area contributed by atoms with Gasteiger partial charge in [-0.1, -0.05) is 11.3 Å². The van der Waals surface area contributed by atoms with Crippen molar-refractivity contribution >= 4 is 37.4 Å². The Hall–Kier alpha value is -1.71. The summed E-state index contributed by atoms with van der Waals surface area (Å²) in [7, 11) is -2.37. The van der Waals surface area contributed by atoms with Crippen LogP contribution in [0, 0.1) is 0 Å². The number of aryl methyl sites for hydroxylation is 1. The normalized spacial score (nSPS) is 12.6. The standard InChI is InChI=1S/C14H19N3O4S2/c1-10(2)15-16-14-17(7-4-8-23(18,19)20)12-6-5-11(21-3)9-13(12)22-14/h5-6,9H,4,7-8H2,1-3H3,(H,18,19,20). The number of methoxy groups -OCH3 is 1. The van der Waals surface area contributed by atoms with Crippen molar-refractivity contribution in [2.75, 3.05) is 12.9 Å². The molecule has 7 nitrogen and oxygen atoms in total.